The van der Waals surface area contributed by atoms with E-state index in [1.807, 2.05) is 24.6 Å². The van der Waals surface area contributed by atoms with E-state index >= 15 is 0 Å². The third-order valence-corrected chi connectivity index (χ3v) is 1.81. The summed E-state index contributed by atoms with van der Waals surface area (Å²) in [5, 5.41) is 2.75. The van der Waals surface area contributed by atoms with Crippen LogP contribution in [0, 0.1) is 0 Å². The number of imidazole rings is 1. The largest absolute Gasteiger partial charge is 0.355 e. The quantitative estimate of drug-likeness (QED) is 0.738. The maximum Gasteiger partial charge on any atom is 0.239 e. The Kier molecular flexibility index (Phi) is 3.49. The Morgan fingerprint density at radius 3 is 3.00 bits per heavy atom. The number of hydrogen-bond donors (Lipinski definition) is 1. The van der Waals surface area contributed by atoms with Crippen molar-refractivity contribution in [2.24, 2.45) is 0 Å². The number of nitrogens with zero attached hydrogens (tertiary/aromatic N) is 2. The van der Waals surface area contributed by atoms with E-state index in [-0.39, 0.29) is 5.91 Å². The number of carbonyl (C=O) groups is 1. The van der Waals surface area contributed by atoms with Gasteiger partial charge in [-0.1, -0.05) is 6.92 Å². The Morgan fingerprint density at radius 2 is 2.38 bits per heavy atom. The number of carbonyl (C=O) groups excluding carboxylic acids is 1. The molecule has 0 radical (unpaired) electrons. The van der Waals surface area contributed by atoms with E-state index < -0.39 is 0 Å². The van der Waals surface area contributed by atoms with Crippen LogP contribution in [0.2, 0.25) is 0 Å². The first-order valence-corrected chi connectivity index (χ1v) is 4.54. The van der Waals surface area contributed by atoms with E-state index in [2.05, 4.69) is 10.3 Å². The zero-order valence-corrected chi connectivity index (χ0v) is 8.08. The molecule has 0 aliphatic carbocycles. The first kappa shape index (κ1) is 9.77. The number of amides is 1. The number of hydrogen-bond acceptors (Lipinski definition) is 2. The molecule has 1 amide bonds. The fourth-order valence-electron chi connectivity index (χ4n) is 1.21. The highest BCUT2D eigenvalue weighted by molar-refractivity contribution is 5.75. The standard InChI is InChI=1S/C9H15N3O/c1-3-8-11-5-6-12(8)7-9(13)10-4-2/h5-6H,3-4,7H2,1-2H3,(H,10,13). The van der Waals surface area contributed by atoms with Gasteiger partial charge in [0.1, 0.15) is 12.4 Å². The summed E-state index contributed by atoms with van der Waals surface area (Å²) in [6, 6.07) is 0. The fourth-order valence-corrected chi connectivity index (χ4v) is 1.21. The van der Waals surface area contributed by atoms with Gasteiger partial charge in [0.05, 0.1) is 0 Å². The van der Waals surface area contributed by atoms with Crippen molar-refractivity contribution in [3.05, 3.63) is 18.2 Å². The van der Waals surface area contributed by atoms with E-state index in [9.17, 15) is 4.79 Å². The van der Waals surface area contributed by atoms with Gasteiger partial charge in [0.25, 0.3) is 0 Å². The molecule has 0 bridgehead atoms. The molecule has 0 aliphatic rings. The molecule has 13 heavy (non-hydrogen) atoms. The van der Waals surface area contributed by atoms with Crippen molar-refractivity contribution in [2.45, 2.75) is 26.8 Å². The van der Waals surface area contributed by atoms with Crippen LogP contribution < -0.4 is 5.32 Å². The highest BCUT2D eigenvalue weighted by atomic mass is 16.1. The molecule has 4 heteroatoms. The smallest absolute Gasteiger partial charge is 0.239 e. The molecule has 0 aliphatic heterocycles. The molecule has 1 heterocycles. The summed E-state index contributed by atoms with van der Waals surface area (Å²) >= 11 is 0. The average molecular weight is 181 g/mol. The monoisotopic (exact) mass is 181 g/mol. The normalized spacial score (nSPS) is 10.0. The van der Waals surface area contributed by atoms with Crippen LogP contribution in [0.3, 0.4) is 0 Å². The van der Waals surface area contributed by atoms with E-state index in [4.69, 9.17) is 0 Å². The lowest BCUT2D eigenvalue weighted by atomic mass is 10.4. The molecule has 0 saturated heterocycles. The van der Waals surface area contributed by atoms with Gasteiger partial charge in [-0.05, 0) is 6.92 Å². The molecule has 0 unspecified atom stereocenters. The van der Waals surface area contributed by atoms with E-state index in [0.29, 0.717) is 13.1 Å². The highest BCUT2D eigenvalue weighted by Crippen LogP contribution is 1.97. The van der Waals surface area contributed by atoms with E-state index in [1.165, 1.54) is 0 Å². The molecule has 0 spiro atoms. The number of aryl methyl sites for hydroxylation is 1. The SMILES string of the molecule is CCNC(=O)Cn1ccnc1CC. The first-order valence-electron chi connectivity index (χ1n) is 4.54. The topological polar surface area (TPSA) is 46.9 Å². The molecule has 1 N–H and O–H groups in total. The van der Waals surface area contributed by atoms with Gasteiger partial charge in [-0.3, -0.25) is 4.79 Å². The second-order valence-electron chi connectivity index (χ2n) is 2.78. The predicted molar refractivity (Wildman–Crippen MR) is 50.3 cm³/mol. The van der Waals surface area contributed by atoms with Crippen molar-refractivity contribution in [2.75, 3.05) is 6.54 Å². The molecular weight excluding hydrogens is 166 g/mol. The van der Waals surface area contributed by atoms with Gasteiger partial charge in [0.2, 0.25) is 5.91 Å². The number of rotatable bonds is 4. The number of likely N-dealkylation sites (N-methyl/N-ethyl adjacent to an activating group) is 1. The van der Waals surface area contributed by atoms with Gasteiger partial charge in [-0.25, -0.2) is 4.98 Å². The molecule has 0 saturated carbocycles. The first-order chi connectivity index (χ1) is 6.27. The van der Waals surface area contributed by atoms with Crippen molar-refractivity contribution >= 4 is 5.91 Å². The molecule has 1 rings (SSSR count). The van der Waals surface area contributed by atoms with E-state index in [1.54, 1.807) is 6.20 Å². The molecule has 4 nitrogen and oxygen atoms in total. The maximum atomic E-state index is 11.2. The molecular formula is C9H15N3O. The van der Waals surface area contributed by atoms with Crippen LogP contribution >= 0.6 is 0 Å². The van der Waals surface area contributed by atoms with Crippen LogP contribution in [0.4, 0.5) is 0 Å². The Labute approximate surface area is 78.0 Å². The molecule has 1 aromatic heterocycles. The molecule has 1 aromatic rings. The Morgan fingerprint density at radius 1 is 1.62 bits per heavy atom. The lowest BCUT2D eigenvalue weighted by Gasteiger charge is -2.05. The minimum atomic E-state index is 0.0372. The Hall–Kier alpha value is -1.32. The van der Waals surface area contributed by atoms with Gasteiger partial charge in [-0.15, -0.1) is 0 Å². The van der Waals surface area contributed by atoms with Crippen LogP contribution in [0.1, 0.15) is 19.7 Å². The molecule has 0 atom stereocenters. The van der Waals surface area contributed by atoms with Crippen molar-refractivity contribution in [3.63, 3.8) is 0 Å². The zero-order valence-electron chi connectivity index (χ0n) is 8.08. The predicted octanol–water partition coefficient (Wildman–Crippen LogP) is 0.582. The van der Waals surface area contributed by atoms with E-state index in [0.717, 1.165) is 12.2 Å². The zero-order chi connectivity index (χ0) is 9.68. The van der Waals surface area contributed by atoms with Crippen molar-refractivity contribution < 1.29 is 4.79 Å². The summed E-state index contributed by atoms with van der Waals surface area (Å²) in [7, 11) is 0. The average Bonchev–Trinajstić information content (AvgIpc) is 2.52. The van der Waals surface area contributed by atoms with Crippen LogP contribution in [0.5, 0.6) is 0 Å². The third-order valence-electron chi connectivity index (χ3n) is 1.81. The van der Waals surface area contributed by atoms with Crippen LogP contribution in [0.25, 0.3) is 0 Å². The second kappa shape index (κ2) is 4.64. The lowest BCUT2D eigenvalue weighted by molar-refractivity contribution is -0.121. The number of aromatic nitrogens is 2. The maximum absolute atomic E-state index is 11.2. The highest BCUT2D eigenvalue weighted by Gasteiger charge is 2.04. The summed E-state index contributed by atoms with van der Waals surface area (Å²) < 4.78 is 1.87. The molecule has 72 valence electrons. The number of nitrogens with one attached hydrogen (secondary N) is 1. The van der Waals surface area contributed by atoms with Gasteiger partial charge >= 0.3 is 0 Å². The van der Waals surface area contributed by atoms with Crippen molar-refractivity contribution in [3.8, 4) is 0 Å². The molecule has 0 aromatic carbocycles. The Balaban J connectivity index is 2.57. The third kappa shape index (κ3) is 2.57. The summed E-state index contributed by atoms with van der Waals surface area (Å²) in [4.78, 5) is 15.3. The molecule has 0 fully saturated rings. The minimum absolute atomic E-state index is 0.0372. The summed E-state index contributed by atoms with van der Waals surface area (Å²) in [6.07, 6.45) is 4.40. The van der Waals surface area contributed by atoms with Gasteiger partial charge in [-0.2, -0.15) is 0 Å². The van der Waals surface area contributed by atoms with Gasteiger partial charge in [0.15, 0.2) is 0 Å². The Bertz CT molecular complexity index is 280. The van der Waals surface area contributed by atoms with Crippen molar-refractivity contribution in [1.29, 1.82) is 0 Å². The van der Waals surface area contributed by atoms with Crippen LogP contribution in [0.15, 0.2) is 12.4 Å². The van der Waals surface area contributed by atoms with Crippen LogP contribution in [-0.4, -0.2) is 22.0 Å². The van der Waals surface area contributed by atoms with Crippen LogP contribution in [-0.2, 0) is 17.8 Å². The summed E-state index contributed by atoms with van der Waals surface area (Å²) in [5.74, 6) is 0.987. The summed E-state index contributed by atoms with van der Waals surface area (Å²) in [5.41, 5.74) is 0. The lowest BCUT2D eigenvalue weighted by Crippen LogP contribution is -2.27. The summed E-state index contributed by atoms with van der Waals surface area (Å²) in [6.45, 7) is 4.98. The van der Waals surface area contributed by atoms with Crippen molar-refractivity contribution in [1.82, 2.24) is 14.9 Å². The second-order valence-corrected chi connectivity index (χ2v) is 2.78. The fraction of sp³-hybridized carbons (Fsp3) is 0.556. The minimum Gasteiger partial charge on any atom is -0.355 e. The van der Waals surface area contributed by atoms with Gasteiger partial charge in [0, 0.05) is 25.4 Å². The van der Waals surface area contributed by atoms with Gasteiger partial charge < -0.3 is 9.88 Å².